The Labute approximate surface area is 279 Å². The number of hydrogen-bond donors (Lipinski definition) is 4. The predicted octanol–water partition coefficient (Wildman–Crippen LogP) is 7.29. The van der Waals surface area contributed by atoms with Crippen LogP contribution in [0.1, 0.15) is 64.6 Å². The van der Waals surface area contributed by atoms with E-state index in [4.69, 9.17) is 10.5 Å². The third-order valence-corrected chi connectivity index (χ3v) is 9.46. The van der Waals surface area contributed by atoms with Crippen molar-refractivity contribution in [3.05, 3.63) is 84.7 Å². The number of ether oxygens (including phenoxy) is 1. The van der Waals surface area contributed by atoms with Gasteiger partial charge in [0, 0.05) is 24.7 Å². The molecule has 0 aliphatic carbocycles. The van der Waals surface area contributed by atoms with Crippen LogP contribution in [-0.4, -0.2) is 71.8 Å². The number of nitrogens with two attached hydrogens (primary N) is 1. The summed E-state index contributed by atoms with van der Waals surface area (Å²) in [5.74, 6) is 1.37. The van der Waals surface area contributed by atoms with E-state index in [0.29, 0.717) is 18.8 Å². The minimum Gasteiger partial charge on any atom is -0.465 e. The Morgan fingerprint density at radius 1 is 0.917 bits per heavy atom. The first kappa shape index (κ1) is 31.4. The number of H-pyrrole nitrogens is 2. The van der Waals surface area contributed by atoms with Gasteiger partial charge in [0.1, 0.15) is 22.8 Å². The highest BCUT2D eigenvalue weighted by atomic mass is 16.6. The molecule has 7 rings (SSSR count). The van der Waals surface area contributed by atoms with Crippen molar-refractivity contribution in [3.63, 3.8) is 0 Å². The van der Waals surface area contributed by atoms with Crippen LogP contribution < -0.4 is 5.73 Å². The average Bonchev–Trinajstić information content (AvgIpc) is 3.86. The Morgan fingerprint density at radius 2 is 1.54 bits per heavy atom. The monoisotopic (exact) mass is 647 g/mol. The van der Waals surface area contributed by atoms with Crippen LogP contribution >= 0.6 is 0 Å². The third kappa shape index (κ3) is 5.90. The highest BCUT2D eigenvalue weighted by Gasteiger charge is 2.47. The Hall–Kier alpha value is -5.16. The highest BCUT2D eigenvalue weighted by Crippen LogP contribution is 2.38. The second-order valence-electron chi connectivity index (χ2n) is 14.1. The van der Waals surface area contributed by atoms with E-state index < -0.39 is 17.2 Å². The lowest BCUT2D eigenvalue weighted by atomic mass is 9.97. The first-order valence-electron chi connectivity index (χ1n) is 16.4. The fourth-order valence-electron chi connectivity index (χ4n) is 7.05. The molecule has 11 nitrogen and oxygen atoms in total. The molecule has 2 fully saturated rings. The van der Waals surface area contributed by atoms with Crippen molar-refractivity contribution in [1.29, 1.82) is 0 Å². The molecule has 2 aliphatic heterocycles. The minimum absolute atomic E-state index is 0.130. The van der Waals surface area contributed by atoms with Crippen molar-refractivity contribution in [1.82, 2.24) is 29.7 Å². The maximum atomic E-state index is 12.8. The third-order valence-electron chi connectivity index (χ3n) is 9.46. The number of carbonyl (C=O) groups is 2. The summed E-state index contributed by atoms with van der Waals surface area (Å²) >= 11 is 0. The molecule has 11 heteroatoms. The number of aromatic amines is 2. The zero-order valence-electron chi connectivity index (χ0n) is 27.7. The Kier molecular flexibility index (Phi) is 7.74. The summed E-state index contributed by atoms with van der Waals surface area (Å²) in [6.07, 6.45) is 4.55. The molecule has 3 aromatic carbocycles. The van der Waals surface area contributed by atoms with Gasteiger partial charge in [0.2, 0.25) is 0 Å². The molecule has 0 radical (unpaired) electrons. The molecule has 0 spiro atoms. The number of nitrogens with one attached hydrogen (secondary N) is 2. The number of hydrogen-bond acceptors (Lipinski definition) is 6. The largest absolute Gasteiger partial charge is 0.465 e. The second-order valence-corrected chi connectivity index (χ2v) is 14.1. The van der Waals surface area contributed by atoms with E-state index in [2.05, 4.69) is 68.5 Å². The summed E-state index contributed by atoms with van der Waals surface area (Å²) in [6, 6.07) is 20.7. The molecule has 248 valence electrons. The second kappa shape index (κ2) is 11.8. The normalized spacial score (nSPS) is 21.3. The number of carboxylic acid groups (broad SMARTS) is 1. The van der Waals surface area contributed by atoms with Crippen LogP contribution in [0.25, 0.3) is 44.4 Å². The van der Waals surface area contributed by atoms with Crippen LogP contribution in [0.15, 0.2) is 73.1 Å². The van der Waals surface area contributed by atoms with Gasteiger partial charge < -0.3 is 25.5 Å². The van der Waals surface area contributed by atoms with E-state index in [1.54, 1.807) is 11.1 Å². The van der Waals surface area contributed by atoms with Gasteiger partial charge >= 0.3 is 12.2 Å². The van der Waals surface area contributed by atoms with Gasteiger partial charge in [-0.3, -0.25) is 9.80 Å². The maximum Gasteiger partial charge on any atom is 0.410 e. The maximum absolute atomic E-state index is 12.8. The molecule has 0 saturated carbocycles. The number of aromatic nitrogens is 4. The zero-order valence-corrected chi connectivity index (χ0v) is 27.7. The smallest absolute Gasteiger partial charge is 0.410 e. The number of carbonyl (C=O) groups excluding carboxylic acids is 1. The Morgan fingerprint density at radius 3 is 2.25 bits per heavy atom. The molecule has 2 saturated heterocycles. The zero-order chi connectivity index (χ0) is 33.8. The van der Waals surface area contributed by atoms with Crippen LogP contribution in [-0.2, 0) is 10.3 Å². The number of amides is 2. The fourth-order valence-corrected chi connectivity index (χ4v) is 7.05. The van der Waals surface area contributed by atoms with E-state index in [1.165, 1.54) is 4.90 Å². The molecule has 2 amide bonds. The summed E-state index contributed by atoms with van der Waals surface area (Å²) < 4.78 is 5.63. The van der Waals surface area contributed by atoms with Crippen LogP contribution in [0, 0.1) is 0 Å². The SMILES string of the molecule is CC(C)(C)OC(=O)N1CCCC1c1ncc(-c2ccc3cc(-c4ccc(-c5cnc(C6(C)CC(N)CN6C(=O)O)[nH]5)cc4)ccc3c2)[nH]1. The molecule has 0 bridgehead atoms. The van der Waals surface area contributed by atoms with Crippen LogP contribution in [0.3, 0.4) is 0 Å². The summed E-state index contributed by atoms with van der Waals surface area (Å²) in [4.78, 5) is 43.9. The molecule has 3 unspecified atom stereocenters. The average molecular weight is 648 g/mol. The lowest BCUT2D eigenvalue weighted by Gasteiger charge is -2.30. The lowest BCUT2D eigenvalue weighted by Crippen LogP contribution is -2.43. The standard InChI is InChI=1S/C37H41N7O4/c1-36(2,3)48-35(47)43-15-5-6-31(43)32-39-19-30(41-32)27-14-13-25-16-24(11-12-26(25)17-27)22-7-9-23(10-8-22)29-20-40-33(42-29)37(4)18-28(38)21-44(37)34(45)46/h7-14,16-17,19-20,28,31H,5-6,15,18,21,38H2,1-4H3,(H,39,41)(H,40,42)(H,45,46). The minimum atomic E-state index is -0.998. The van der Waals surface area contributed by atoms with E-state index in [0.717, 1.165) is 63.1 Å². The number of likely N-dealkylation sites (tertiary alicyclic amines) is 2. The predicted molar refractivity (Wildman–Crippen MR) is 184 cm³/mol. The Bertz CT molecular complexity index is 1990. The Balaban J connectivity index is 1.07. The van der Waals surface area contributed by atoms with Gasteiger partial charge in [-0.1, -0.05) is 48.5 Å². The van der Waals surface area contributed by atoms with Gasteiger partial charge in [0.15, 0.2) is 0 Å². The molecule has 5 aromatic rings. The van der Waals surface area contributed by atoms with Crippen molar-refractivity contribution in [2.75, 3.05) is 13.1 Å². The van der Waals surface area contributed by atoms with E-state index in [1.807, 2.05) is 46.0 Å². The van der Waals surface area contributed by atoms with Crippen LogP contribution in [0.5, 0.6) is 0 Å². The van der Waals surface area contributed by atoms with E-state index >= 15 is 0 Å². The van der Waals surface area contributed by atoms with Crippen molar-refractivity contribution in [3.8, 4) is 33.6 Å². The molecule has 5 N–H and O–H groups in total. The van der Waals surface area contributed by atoms with Gasteiger partial charge in [0.25, 0.3) is 0 Å². The molecule has 2 aliphatic rings. The van der Waals surface area contributed by atoms with Crippen molar-refractivity contribution in [2.24, 2.45) is 5.73 Å². The summed E-state index contributed by atoms with van der Waals surface area (Å²) in [5.41, 5.74) is 10.7. The first-order valence-corrected chi connectivity index (χ1v) is 16.4. The van der Waals surface area contributed by atoms with Crippen LogP contribution in [0.2, 0.25) is 0 Å². The molecule has 48 heavy (non-hydrogen) atoms. The molecular weight excluding hydrogens is 606 g/mol. The number of nitrogens with zero attached hydrogens (tertiary/aromatic N) is 4. The highest BCUT2D eigenvalue weighted by molar-refractivity contribution is 5.90. The van der Waals surface area contributed by atoms with Crippen LogP contribution in [0.4, 0.5) is 9.59 Å². The number of fused-ring (bicyclic) bond motifs is 1. The fraction of sp³-hybridized carbons (Fsp3) is 0.351. The number of benzene rings is 3. The van der Waals surface area contributed by atoms with Gasteiger partial charge in [0.05, 0.1) is 29.8 Å². The van der Waals surface area contributed by atoms with Crippen molar-refractivity contribution in [2.45, 2.75) is 70.2 Å². The summed E-state index contributed by atoms with van der Waals surface area (Å²) in [7, 11) is 0. The molecular formula is C37H41N7O4. The molecule has 4 heterocycles. The quantitative estimate of drug-likeness (QED) is 0.156. The summed E-state index contributed by atoms with van der Waals surface area (Å²) in [5, 5.41) is 12.0. The van der Waals surface area contributed by atoms with Gasteiger partial charge in [-0.2, -0.15) is 0 Å². The molecule has 2 aromatic heterocycles. The summed E-state index contributed by atoms with van der Waals surface area (Å²) in [6.45, 7) is 8.45. The van der Waals surface area contributed by atoms with Gasteiger partial charge in [-0.25, -0.2) is 19.6 Å². The number of rotatable bonds is 5. The van der Waals surface area contributed by atoms with Crippen molar-refractivity contribution < 1.29 is 19.4 Å². The van der Waals surface area contributed by atoms with E-state index in [9.17, 15) is 14.7 Å². The first-order chi connectivity index (χ1) is 22.9. The number of imidazole rings is 2. The van der Waals surface area contributed by atoms with Crippen molar-refractivity contribution >= 4 is 23.0 Å². The topological polar surface area (TPSA) is 153 Å². The lowest BCUT2D eigenvalue weighted by molar-refractivity contribution is 0.0218. The van der Waals surface area contributed by atoms with Gasteiger partial charge in [-0.05, 0) is 86.6 Å². The molecule has 3 atom stereocenters. The van der Waals surface area contributed by atoms with E-state index in [-0.39, 0.29) is 24.7 Å². The van der Waals surface area contributed by atoms with Gasteiger partial charge in [-0.15, -0.1) is 0 Å².